The number of ether oxygens (including phenoxy) is 1. The zero-order valence-corrected chi connectivity index (χ0v) is 18.4. The van der Waals surface area contributed by atoms with Gasteiger partial charge in [0.05, 0.1) is 12.3 Å². The van der Waals surface area contributed by atoms with Gasteiger partial charge in [-0.05, 0) is 88.9 Å². The maximum atomic E-state index is 5.88. The highest BCUT2D eigenvalue weighted by Crippen LogP contribution is 2.39. The van der Waals surface area contributed by atoms with E-state index in [0.29, 0.717) is 6.61 Å². The van der Waals surface area contributed by atoms with Crippen LogP contribution in [0, 0.1) is 20.8 Å². The van der Waals surface area contributed by atoms with Crippen LogP contribution < -0.4 is 10.5 Å². The van der Waals surface area contributed by atoms with Crippen molar-refractivity contribution in [3.63, 3.8) is 0 Å². The van der Waals surface area contributed by atoms with E-state index in [4.69, 9.17) is 15.5 Å². The number of benzene rings is 2. The molecule has 0 saturated heterocycles. The van der Waals surface area contributed by atoms with Crippen LogP contribution >= 0.6 is 0 Å². The predicted molar refractivity (Wildman–Crippen MR) is 126 cm³/mol. The Labute approximate surface area is 178 Å². The highest BCUT2D eigenvalue weighted by atomic mass is 16.5. The molecule has 4 rings (SSSR count). The van der Waals surface area contributed by atoms with E-state index in [0.717, 1.165) is 48.2 Å². The van der Waals surface area contributed by atoms with E-state index < -0.39 is 0 Å². The Morgan fingerprint density at radius 2 is 1.83 bits per heavy atom. The van der Waals surface area contributed by atoms with Crippen LogP contribution in [-0.2, 0) is 6.42 Å². The molecule has 0 saturated carbocycles. The summed E-state index contributed by atoms with van der Waals surface area (Å²) in [5.74, 6) is 0.841. The summed E-state index contributed by atoms with van der Waals surface area (Å²) in [4.78, 5) is 8.58. The van der Waals surface area contributed by atoms with Gasteiger partial charge in [0.25, 0.3) is 0 Å². The van der Waals surface area contributed by atoms with Gasteiger partial charge in [-0.15, -0.1) is 0 Å². The van der Waals surface area contributed by atoms with E-state index in [1.54, 1.807) is 0 Å². The zero-order valence-electron chi connectivity index (χ0n) is 18.4. The van der Waals surface area contributed by atoms with Crippen molar-refractivity contribution in [3.05, 3.63) is 58.8 Å². The van der Waals surface area contributed by atoms with Gasteiger partial charge in [-0.1, -0.05) is 17.7 Å². The zero-order chi connectivity index (χ0) is 21.3. The quantitative estimate of drug-likeness (QED) is 0.374. The van der Waals surface area contributed by atoms with Crippen molar-refractivity contribution in [2.45, 2.75) is 47.0 Å². The lowest BCUT2D eigenvalue weighted by atomic mass is 9.96. The lowest BCUT2D eigenvalue weighted by molar-refractivity contribution is 0.343. The van der Waals surface area contributed by atoms with Crippen molar-refractivity contribution in [2.75, 3.05) is 13.2 Å². The number of aromatic nitrogens is 2. The second-order valence-electron chi connectivity index (χ2n) is 8.12. The summed E-state index contributed by atoms with van der Waals surface area (Å²) in [7, 11) is 0. The van der Waals surface area contributed by atoms with Crippen LogP contribution in [0.25, 0.3) is 33.1 Å². The van der Waals surface area contributed by atoms with Gasteiger partial charge in [0.1, 0.15) is 11.3 Å². The molecule has 0 radical (unpaired) electrons. The normalized spacial score (nSPS) is 11.5. The molecule has 0 amide bonds. The smallest absolute Gasteiger partial charge is 0.145 e. The number of aromatic amines is 1. The van der Waals surface area contributed by atoms with Gasteiger partial charge in [-0.25, -0.2) is 4.98 Å². The minimum atomic E-state index is 0.624. The van der Waals surface area contributed by atoms with Crippen molar-refractivity contribution in [1.82, 2.24) is 9.97 Å². The number of H-pyrrole nitrogens is 1. The average molecular weight is 402 g/mol. The number of hydrogen-bond acceptors (Lipinski definition) is 3. The predicted octanol–water partition coefficient (Wildman–Crippen LogP) is 5.99. The Hall–Kier alpha value is -2.85. The number of nitrogens with two attached hydrogens (primary N) is 1. The third-order valence-electron chi connectivity index (χ3n) is 5.77. The van der Waals surface area contributed by atoms with Crippen molar-refractivity contribution >= 4 is 21.8 Å². The van der Waals surface area contributed by atoms with Crippen LogP contribution in [0.15, 0.2) is 36.4 Å². The first kappa shape index (κ1) is 20.4. The Bertz CT molecular complexity index is 1210. The van der Waals surface area contributed by atoms with E-state index in [-0.39, 0.29) is 0 Å². The summed E-state index contributed by atoms with van der Waals surface area (Å²) >= 11 is 0. The summed E-state index contributed by atoms with van der Waals surface area (Å²) in [6, 6.07) is 13.0. The Kier molecular flexibility index (Phi) is 5.78. The molecule has 4 heteroatoms. The standard InChI is InChI=1S/C26H31N3O/c1-5-30-23-12-11-20(21-10-9-18(4)28-26(21)23)25-19(8-6-7-13-27)22-15-16(2)14-17(3)24(22)29-25/h9-12,14-15,29H,5-8,13,27H2,1-4H3. The number of hydrogen-bond donors (Lipinski definition) is 2. The lowest BCUT2D eigenvalue weighted by Gasteiger charge is -2.13. The third-order valence-corrected chi connectivity index (χ3v) is 5.77. The van der Waals surface area contributed by atoms with E-state index in [2.05, 4.69) is 55.2 Å². The van der Waals surface area contributed by atoms with Gasteiger partial charge in [0.2, 0.25) is 0 Å². The first-order valence-electron chi connectivity index (χ1n) is 10.9. The van der Waals surface area contributed by atoms with Crippen molar-refractivity contribution in [2.24, 2.45) is 5.73 Å². The molecule has 2 aromatic carbocycles. The van der Waals surface area contributed by atoms with E-state index in [9.17, 15) is 0 Å². The summed E-state index contributed by atoms with van der Waals surface area (Å²) in [6.45, 7) is 9.73. The fraction of sp³-hybridized carbons (Fsp3) is 0.346. The highest BCUT2D eigenvalue weighted by molar-refractivity contribution is 6.02. The molecule has 156 valence electrons. The first-order chi connectivity index (χ1) is 14.5. The maximum Gasteiger partial charge on any atom is 0.145 e. The van der Waals surface area contributed by atoms with Gasteiger partial charge in [0, 0.05) is 27.5 Å². The van der Waals surface area contributed by atoms with Gasteiger partial charge in [-0.3, -0.25) is 0 Å². The van der Waals surface area contributed by atoms with Crippen LogP contribution in [0.2, 0.25) is 0 Å². The Morgan fingerprint density at radius 1 is 1.00 bits per heavy atom. The van der Waals surface area contributed by atoms with Gasteiger partial charge >= 0.3 is 0 Å². The molecular formula is C26H31N3O. The molecule has 30 heavy (non-hydrogen) atoms. The fourth-order valence-electron chi connectivity index (χ4n) is 4.42. The average Bonchev–Trinajstić information content (AvgIpc) is 3.07. The van der Waals surface area contributed by atoms with E-state index in [1.165, 1.54) is 38.9 Å². The topological polar surface area (TPSA) is 63.9 Å². The molecule has 0 bridgehead atoms. The van der Waals surface area contributed by atoms with Gasteiger partial charge in [-0.2, -0.15) is 0 Å². The third kappa shape index (κ3) is 3.68. The van der Waals surface area contributed by atoms with Crippen LogP contribution in [-0.4, -0.2) is 23.1 Å². The number of fused-ring (bicyclic) bond motifs is 2. The second kappa shape index (κ2) is 8.49. The molecule has 3 N–H and O–H groups in total. The molecule has 0 aliphatic heterocycles. The molecule has 0 spiro atoms. The van der Waals surface area contributed by atoms with Crippen LogP contribution in [0.3, 0.4) is 0 Å². The number of nitrogens with one attached hydrogen (secondary N) is 1. The molecule has 4 aromatic rings. The molecule has 0 fully saturated rings. The summed E-state index contributed by atoms with van der Waals surface area (Å²) in [6.07, 6.45) is 3.11. The Balaban J connectivity index is 1.99. The molecule has 0 aliphatic carbocycles. The van der Waals surface area contributed by atoms with E-state index in [1.807, 2.05) is 13.8 Å². The molecule has 2 heterocycles. The first-order valence-corrected chi connectivity index (χ1v) is 10.9. The molecule has 0 aliphatic rings. The number of pyridine rings is 1. The van der Waals surface area contributed by atoms with Crippen LogP contribution in [0.4, 0.5) is 0 Å². The van der Waals surface area contributed by atoms with Crippen molar-refractivity contribution in [1.29, 1.82) is 0 Å². The lowest BCUT2D eigenvalue weighted by Crippen LogP contribution is -2.00. The van der Waals surface area contributed by atoms with E-state index >= 15 is 0 Å². The minimum Gasteiger partial charge on any atom is -0.492 e. The maximum absolute atomic E-state index is 5.88. The summed E-state index contributed by atoms with van der Waals surface area (Å²) in [5, 5.41) is 2.44. The monoisotopic (exact) mass is 401 g/mol. The summed E-state index contributed by atoms with van der Waals surface area (Å²) in [5.41, 5.74) is 15.2. The minimum absolute atomic E-state index is 0.624. The number of aryl methyl sites for hydroxylation is 4. The number of unbranched alkanes of at least 4 members (excludes halogenated alkanes) is 1. The Morgan fingerprint density at radius 3 is 2.60 bits per heavy atom. The van der Waals surface area contributed by atoms with Crippen molar-refractivity contribution in [3.8, 4) is 17.0 Å². The highest BCUT2D eigenvalue weighted by Gasteiger charge is 2.18. The van der Waals surface area contributed by atoms with Gasteiger partial charge in [0.15, 0.2) is 0 Å². The molecule has 0 unspecified atom stereocenters. The summed E-state index contributed by atoms with van der Waals surface area (Å²) < 4.78 is 5.88. The van der Waals surface area contributed by atoms with Crippen LogP contribution in [0.5, 0.6) is 5.75 Å². The SMILES string of the molecule is CCOc1ccc(-c2[nH]c3c(C)cc(C)cc3c2CCCCN)c2ccc(C)nc12. The second-order valence-corrected chi connectivity index (χ2v) is 8.12. The molecule has 4 nitrogen and oxygen atoms in total. The van der Waals surface area contributed by atoms with Gasteiger partial charge < -0.3 is 15.5 Å². The molecular weight excluding hydrogens is 370 g/mol. The van der Waals surface area contributed by atoms with Crippen LogP contribution in [0.1, 0.15) is 42.1 Å². The van der Waals surface area contributed by atoms with Crippen molar-refractivity contribution < 1.29 is 4.74 Å². The molecule has 2 aromatic heterocycles. The largest absolute Gasteiger partial charge is 0.492 e. The molecule has 0 atom stereocenters. The number of rotatable bonds is 7. The fourth-order valence-corrected chi connectivity index (χ4v) is 4.42. The number of nitrogens with zero attached hydrogens (tertiary/aromatic N) is 1.